The van der Waals surface area contributed by atoms with Crippen LogP contribution in [0.4, 0.5) is 5.69 Å². The number of carbonyl (C=O) groups is 1. The van der Waals surface area contributed by atoms with Crippen LogP contribution in [0.25, 0.3) is 10.2 Å². The number of aromatic nitrogens is 1. The summed E-state index contributed by atoms with van der Waals surface area (Å²) in [4.78, 5) is 22.9. The Morgan fingerprint density at radius 3 is 2.77 bits per heavy atom. The number of fused-ring (bicyclic) bond motifs is 1. The summed E-state index contributed by atoms with van der Waals surface area (Å²) in [6.45, 7) is -0.00991. The number of thiazole rings is 1. The van der Waals surface area contributed by atoms with E-state index in [1.54, 1.807) is 10.6 Å². The highest BCUT2D eigenvalue weighted by molar-refractivity contribution is 7.16. The third-order valence-corrected chi connectivity index (χ3v) is 4.27. The molecule has 110 valence electrons. The third-order valence-electron chi connectivity index (χ3n) is 3.29. The highest BCUT2D eigenvalue weighted by Gasteiger charge is 2.14. The van der Waals surface area contributed by atoms with Crippen molar-refractivity contribution in [1.29, 1.82) is 5.41 Å². The Labute approximate surface area is 128 Å². The van der Waals surface area contributed by atoms with Crippen molar-refractivity contribution in [3.05, 3.63) is 69.0 Å². The molecule has 1 aromatic heterocycles. The van der Waals surface area contributed by atoms with E-state index in [9.17, 15) is 14.9 Å². The molecule has 6 nitrogen and oxygen atoms in total. The summed E-state index contributed by atoms with van der Waals surface area (Å²) in [7, 11) is 0. The summed E-state index contributed by atoms with van der Waals surface area (Å²) in [5.41, 5.74) is 0.977. The summed E-state index contributed by atoms with van der Waals surface area (Å²) in [5.74, 6) is -0.259. The molecule has 0 bridgehead atoms. The first kappa shape index (κ1) is 14.2. The normalized spacial score (nSPS) is 10.7. The molecule has 0 amide bonds. The number of Topliss-reactive ketones (excluding diaryl/α,β-unsaturated/α-hetero) is 1. The number of nitro groups is 1. The number of rotatable bonds is 4. The lowest BCUT2D eigenvalue weighted by Crippen LogP contribution is -2.19. The van der Waals surface area contributed by atoms with Crippen LogP contribution in [0.5, 0.6) is 0 Å². The number of benzene rings is 2. The topological polar surface area (TPSA) is 89.0 Å². The van der Waals surface area contributed by atoms with Crippen LogP contribution in [-0.4, -0.2) is 15.3 Å². The lowest BCUT2D eigenvalue weighted by atomic mass is 10.1. The van der Waals surface area contributed by atoms with Gasteiger partial charge in [-0.15, -0.1) is 0 Å². The number of carbonyl (C=O) groups excluding carboxylic acids is 1. The van der Waals surface area contributed by atoms with Crippen molar-refractivity contribution in [2.75, 3.05) is 0 Å². The summed E-state index contributed by atoms with van der Waals surface area (Å²) < 4.78 is 2.54. The maximum Gasteiger partial charge on any atom is 0.270 e. The zero-order valence-electron chi connectivity index (χ0n) is 11.4. The van der Waals surface area contributed by atoms with Gasteiger partial charge in [-0.3, -0.25) is 20.3 Å². The fraction of sp³-hybridized carbons (Fsp3) is 0.0667. The van der Waals surface area contributed by atoms with Gasteiger partial charge in [0, 0.05) is 17.7 Å². The van der Waals surface area contributed by atoms with E-state index in [1.807, 2.05) is 24.3 Å². The van der Waals surface area contributed by atoms with Gasteiger partial charge in [-0.05, 0) is 12.1 Å². The second-order valence-electron chi connectivity index (χ2n) is 4.69. The summed E-state index contributed by atoms with van der Waals surface area (Å²) in [6.07, 6.45) is 0. The molecule has 0 saturated heterocycles. The van der Waals surface area contributed by atoms with Gasteiger partial charge < -0.3 is 4.57 Å². The fourth-order valence-corrected chi connectivity index (χ4v) is 3.13. The second kappa shape index (κ2) is 5.53. The molecule has 0 fully saturated rings. The van der Waals surface area contributed by atoms with Crippen LogP contribution < -0.4 is 4.80 Å². The Morgan fingerprint density at radius 2 is 2.00 bits per heavy atom. The van der Waals surface area contributed by atoms with Gasteiger partial charge in [-0.1, -0.05) is 35.6 Å². The smallest absolute Gasteiger partial charge is 0.270 e. The Hall–Kier alpha value is -2.80. The zero-order chi connectivity index (χ0) is 15.7. The molecule has 7 heteroatoms. The molecule has 0 saturated carbocycles. The molecule has 0 aliphatic carbocycles. The minimum absolute atomic E-state index is 0.00991. The molecule has 3 rings (SSSR count). The molecule has 0 radical (unpaired) electrons. The lowest BCUT2D eigenvalue weighted by Gasteiger charge is -2.04. The molecule has 22 heavy (non-hydrogen) atoms. The molecule has 2 aromatic carbocycles. The predicted octanol–water partition coefficient (Wildman–Crippen LogP) is 2.97. The number of nitro benzene ring substituents is 1. The standard InChI is InChI=1S/C15H11N3O3S/c16-15-17(12-6-1-2-7-14(12)22-15)9-13(19)10-4-3-5-11(8-10)18(20)21/h1-8,16H,9H2. The average Bonchev–Trinajstić information content (AvgIpc) is 2.83. The van der Waals surface area contributed by atoms with Gasteiger partial charge in [-0.2, -0.15) is 0 Å². The maximum atomic E-state index is 12.4. The van der Waals surface area contributed by atoms with E-state index in [4.69, 9.17) is 5.41 Å². The Bertz CT molecular complexity index is 942. The largest absolute Gasteiger partial charge is 0.309 e. The second-order valence-corrected chi connectivity index (χ2v) is 5.72. The summed E-state index contributed by atoms with van der Waals surface area (Å²) in [5, 5.41) is 18.8. The monoisotopic (exact) mass is 313 g/mol. The maximum absolute atomic E-state index is 12.4. The van der Waals surface area contributed by atoms with Crippen molar-refractivity contribution in [2.24, 2.45) is 0 Å². The molecule has 0 spiro atoms. The predicted molar refractivity (Wildman–Crippen MR) is 83.1 cm³/mol. The van der Waals surface area contributed by atoms with Crippen LogP contribution in [0.1, 0.15) is 10.4 Å². The quantitative estimate of drug-likeness (QED) is 0.456. The van der Waals surface area contributed by atoms with Crippen LogP contribution in [0.3, 0.4) is 0 Å². The first-order chi connectivity index (χ1) is 10.6. The summed E-state index contributed by atoms with van der Waals surface area (Å²) in [6, 6.07) is 13.1. The Balaban J connectivity index is 1.97. The van der Waals surface area contributed by atoms with Crippen LogP contribution in [0.15, 0.2) is 48.5 Å². The van der Waals surface area contributed by atoms with Crippen molar-refractivity contribution >= 4 is 33.0 Å². The lowest BCUT2D eigenvalue weighted by molar-refractivity contribution is -0.384. The SMILES string of the molecule is N=c1sc2ccccc2n1CC(=O)c1cccc([N+](=O)[O-])c1. The van der Waals surface area contributed by atoms with Crippen LogP contribution in [-0.2, 0) is 6.54 Å². The Kier molecular flexibility index (Phi) is 3.56. The number of para-hydroxylation sites is 1. The van der Waals surface area contributed by atoms with Gasteiger partial charge >= 0.3 is 0 Å². The molecule has 1 N–H and O–H groups in total. The van der Waals surface area contributed by atoms with Crippen molar-refractivity contribution in [1.82, 2.24) is 4.57 Å². The molecule has 0 aliphatic rings. The van der Waals surface area contributed by atoms with Crippen molar-refractivity contribution in [2.45, 2.75) is 6.54 Å². The van der Waals surface area contributed by atoms with E-state index in [2.05, 4.69) is 0 Å². The van der Waals surface area contributed by atoms with E-state index >= 15 is 0 Å². The highest BCUT2D eigenvalue weighted by Crippen LogP contribution is 2.18. The first-order valence-corrected chi connectivity index (χ1v) is 7.28. The number of hydrogen-bond donors (Lipinski definition) is 1. The zero-order valence-corrected chi connectivity index (χ0v) is 12.2. The van der Waals surface area contributed by atoms with Gasteiger partial charge in [-0.25, -0.2) is 0 Å². The van der Waals surface area contributed by atoms with Gasteiger partial charge in [0.2, 0.25) is 0 Å². The van der Waals surface area contributed by atoms with Gasteiger partial charge in [0.15, 0.2) is 10.6 Å². The average molecular weight is 313 g/mol. The van der Waals surface area contributed by atoms with Crippen molar-refractivity contribution < 1.29 is 9.72 Å². The number of ketones is 1. The number of hydrogen-bond acceptors (Lipinski definition) is 5. The van der Waals surface area contributed by atoms with E-state index in [1.165, 1.54) is 29.5 Å². The van der Waals surface area contributed by atoms with Gasteiger partial charge in [0.05, 0.1) is 21.7 Å². The number of non-ortho nitro benzene ring substituents is 1. The number of nitrogens with zero attached hydrogens (tertiary/aromatic N) is 2. The van der Waals surface area contributed by atoms with E-state index < -0.39 is 4.92 Å². The highest BCUT2D eigenvalue weighted by atomic mass is 32.1. The molecule has 3 aromatic rings. The van der Waals surface area contributed by atoms with Gasteiger partial charge in [0.25, 0.3) is 5.69 Å². The van der Waals surface area contributed by atoms with E-state index in [0.29, 0.717) is 0 Å². The van der Waals surface area contributed by atoms with E-state index in [-0.39, 0.29) is 28.4 Å². The third kappa shape index (κ3) is 2.53. The minimum atomic E-state index is -0.528. The van der Waals surface area contributed by atoms with Crippen molar-refractivity contribution in [3.63, 3.8) is 0 Å². The molecule has 0 atom stereocenters. The first-order valence-electron chi connectivity index (χ1n) is 6.47. The molecular weight excluding hydrogens is 302 g/mol. The summed E-state index contributed by atoms with van der Waals surface area (Å²) >= 11 is 1.29. The van der Waals surface area contributed by atoms with Gasteiger partial charge in [0.1, 0.15) is 0 Å². The minimum Gasteiger partial charge on any atom is -0.309 e. The fourth-order valence-electron chi connectivity index (χ4n) is 2.22. The molecule has 1 heterocycles. The van der Waals surface area contributed by atoms with Crippen molar-refractivity contribution in [3.8, 4) is 0 Å². The molecule has 0 aliphatic heterocycles. The van der Waals surface area contributed by atoms with E-state index in [0.717, 1.165) is 10.2 Å². The van der Waals surface area contributed by atoms with Crippen LogP contribution >= 0.6 is 11.3 Å². The van der Waals surface area contributed by atoms with Crippen LogP contribution in [0, 0.1) is 15.5 Å². The Morgan fingerprint density at radius 1 is 1.23 bits per heavy atom. The molecular formula is C15H11N3O3S. The molecule has 0 unspecified atom stereocenters. The number of nitrogens with one attached hydrogen (secondary N) is 1. The van der Waals surface area contributed by atoms with Crippen LogP contribution in [0.2, 0.25) is 0 Å².